The maximum absolute atomic E-state index is 2.47. The summed E-state index contributed by atoms with van der Waals surface area (Å²) in [5, 5.41) is 3.85. The second-order valence-corrected chi connectivity index (χ2v) is 16.3. The smallest absolute Gasteiger partial charge is 0.0541 e. The van der Waals surface area contributed by atoms with Crippen molar-refractivity contribution < 1.29 is 0 Å². The van der Waals surface area contributed by atoms with Crippen LogP contribution in [0.5, 0.6) is 0 Å². The largest absolute Gasteiger partial charge is 0.311 e. The number of anilines is 3. The summed E-state index contributed by atoms with van der Waals surface area (Å²) in [6.45, 7) is 4.76. The third-order valence-corrected chi connectivity index (χ3v) is 12.1. The van der Waals surface area contributed by atoms with E-state index >= 15 is 0 Å². The molecule has 0 saturated carbocycles. The molecular weight excluding hydrogens is 713 g/mol. The molecule has 0 saturated heterocycles. The van der Waals surface area contributed by atoms with Crippen LogP contribution in [0, 0.1) is 0 Å². The van der Waals surface area contributed by atoms with Crippen molar-refractivity contribution in [2.45, 2.75) is 32.1 Å². The fourth-order valence-electron chi connectivity index (χ4n) is 8.94. The lowest BCUT2D eigenvalue weighted by molar-refractivity contribution is 0.542. The average Bonchev–Trinajstić information content (AvgIpc) is 3.63. The van der Waals surface area contributed by atoms with Crippen LogP contribution in [0.4, 0.5) is 17.1 Å². The van der Waals surface area contributed by atoms with Crippen LogP contribution in [-0.4, -0.2) is 4.57 Å². The Morgan fingerprint density at radius 3 is 1.46 bits per heavy atom. The monoisotopic (exact) mass is 758 g/mol. The molecule has 1 heterocycles. The van der Waals surface area contributed by atoms with Crippen molar-refractivity contribution in [1.29, 1.82) is 0 Å². The minimum atomic E-state index is 0.0126. The van der Waals surface area contributed by atoms with E-state index in [1.54, 1.807) is 0 Å². The molecule has 0 unspecified atom stereocenters. The Hall–Kier alpha value is -7.16. The van der Waals surface area contributed by atoms with E-state index in [1.165, 1.54) is 71.7 Å². The highest BCUT2D eigenvalue weighted by molar-refractivity contribution is 5.89. The van der Waals surface area contributed by atoms with Crippen molar-refractivity contribution in [2.24, 2.45) is 0 Å². The molecule has 284 valence electrons. The molecule has 0 atom stereocenters. The van der Waals surface area contributed by atoms with Gasteiger partial charge in [0.1, 0.15) is 0 Å². The van der Waals surface area contributed by atoms with Crippen LogP contribution >= 0.6 is 0 Å². The molecule has 8 aromatic carbocycles. The van der Waals surface area contributed by atoms with Crippen LogP contribution in [0.2, 0.25) is 0 Å². The van der Waals surface area contributed by atoms with Gasteiger partial charge in [-0.1, -0.05) is 172 Å². The zero-order chi connectivity index (χ0) is 39.8. The maximum Gasteiger partial charge on any atom is 0.0541 e. The number of hydrogen-bond donors (Lipinski definition) is 0. The van der Waals surface area contributed by atoms with E-state index in [4.69, 9.17) is 0 Å². The van der Waals surface area contributed by atoms with Crippen LogP contribution in [0.15, 0.2) is 206 Å². The van der Waals surface area contributed by atoms with Gasteiger partial charge in [-0.05, 0) is 123 Å². The minimum absolute atomic E-state index is 0.0126. The summed E-state index contributed by atoms with van der Waals surface area (Å²) >= 11 is 0. The quantitative estimate of drug-likeness (QED) is 0.157. The fourth-order valence-corrected chi connectivity index (χ4v) is 8.94. The summed E-state index contributed by atoms with van der Waals surface area (Å²) in [4.78, 5) is 2.35. The van der Waals surface area contributed by atoms with Gasteiger partial charge in [-0.2, -0.15) is 0 Å². The molecule has 1 aliphatic carbocycles. The van der Waals surface area contributed by atoms with E-state index in [-0.39, 0.29) is 5.41 Å². The summed E-state index contributed by atoms with van der Waals surface area (Å²) in [7, 11) is 0. The highest BCUT2D eigenvalue weighted by atomic mass is 15.1. The predicted molar refractivity (Wildman–Crippen MR) is 250 cm³/mol. The van der Waals surface area contributed by atoms with E-state index in [1.807, 2.05) is 0 Å². The zero-order valence-corrected chi connectivity index (χ0v) is 33.6. The van der Waals surface area contributed by atoms with Gasteiger partial charge in [0.25, 0.3) is 0 Å². The van der Waals surface area contributed by atoms with E-state index in [0.29, 0.717) is 0 Å². The zero-order valence-electron chi connectivity index (χ0n) is 33.6. The average molecular weight is 759 g/mol. The summed E-state index contributed by atoms with van der Waals surface area (Å²) < 4.78 is 2.46. The highest BCUT2D eigenvalue weighted by Gasteiger charge is 2.24. The lowest BCUT2D eigenvalue weighted by Crippen LogP contribution is -2.29. The van der Waals surface area contributed by atoms with Gasteiger partial charge in [0.2, 0.25) is 0 Å². The van der Waals surface area contributed by atoms with E-state index in [2.05, 4.69) is 242 Å². The second kappa shape index (κ2) is 15.3. The third kappa shape index (κ3) is 6.98. The van der Waals surface area contributed by atoms with Gasteiger partial charge in [-0.3, -0.25) is 0 Å². The molecule has 0 radical (unpaired) electrons. The number of para-hydroxylation sites is 1. The number of nitrogens with zero attached hydrogens (tertiary/aromatic N) is 2. The molecule has 1 aliphatic rings. The van der Waals surface area contributed by atoms with Crippen LogP contribution < -0.4 is 15.5 Å². The minimum Gasteiger partial charge on any atom is -0.311 e. The van der Waals surface area contributed by atoms with Crippen molar-refractivity contribution >= 4 is 40.1 Å². The lowest BCUT2D eigenvalue weighted by Gasteiger charge is -2.26. The topological polar surface area (TPSA) is 8.17 Å². The van der Waals surface area contributed by atoms with E-state index in [0.717, 1.165) is 29.9 Å². The summed E-state index contributed by atoms with van der Waals surface area (Å²) in [5.74, 6) is 0. The Morgan fingerprint density at radius 1 is 0.441 bits per heavy atom. The van der Waals surface area contributed by atoms with Gasteiger partial charge in [0, 0.05) is 38.7 Å². The fraction of sp³-hybridized carbons (Fsp3) is 0.0877. The molecule has 10 rings (SSSR count). The SMILES string of the molecule is CC1(C)C/C=c2\c(c3cc(-c4ccc(N(c5ccc(-c6ccccc6)cc5)c5ccc(-c6ccccc6)cc5)cc4)ccc3n2-c2ccccc2)=C/Cc2ccccc21. The van der Waals surface area contributed by atoms with Crippen LogP contribution in [0.25, 0.3) is 62.1 Å². The molecule has 0 bridgehead atoms. The third-order valence-electron chi connectivity index (χ3n) is 12.1. The van der Waals surface area contributed by atoms with Gasteiger partial charge < -0.3 is 9.47 Å². The van der Waals surface area contributed by atoms with Crippen LogP contribution in [-0.2, 0) is 11.8 Å². The number of hydrogen-bond acceptors (Lipinski definition) is 1. The first-order valence-corrected chi connectivity index (χ1v) is 20.7. The number of rotatable bonds is 7. The van der Waals surface area contributed by atoms with Gasteiger partial charge in [0.05, 0.1) is 5.52 Å². The standard InChI is InChI=1S/C57H46N2/c1-57(2)39-38-56-52(36-28-46-18-12-13-21-54(46)57)53-40-47(29-37-55(53)59(56)48-19-10-5-11-20-48)45-26-34-51(35-27-45)58(49-30-22-43(23-31-49)41-14-6-3-7-15-41)50-32-24-44(25-33-50)42-16-8-4-9-17-42/h3-27,29-38,40H,28,39H2,1-2H3/b52-36-,56-38+. The van der Waals surface area contributed by atoms with Crippen molar-refractivity contribution in [2.75, 3.05) is 4.90 Å². The first-order valence-electron chi connectivity index (χ1n) is 20.7. The molecule has 0 N–H and O–H groups in total. The highest BCUT2D eigenvalue weighted by Crippen LogP contribution is 2.38. The Balaban J connectivity index is 1.07. The van der Waals surface area contributed by atoms with E-state index < -0.39 is 0 Å². The van der Waals surface area contributed by atoms with Crippen molar-refractivity contribution in [3.05, 3.63) is 228 Å². The molecule has 2 heteroatoms. The Kier molecular flexibility index (Phi) is 9.39. The van der Waals surface area contributed by atoms with Crippen molar-refractivity contribution in [3.63, 3.8) is 0 Å². The molecular formula is C57H46N2. The number of benzene rings is 8. The predicted octanol–water partition coefficient (Wildman–Crippen LogP) is 13.6. The number of fused-ring (bicyclic) bond motifs is 4. The summed E-state index contributed by atoms with van der Waals surface area (Å²) in [5.41, 5.74) is 15.8. The molecule has 0 aliphatic heterocycles. The summed E-state index contributed by atoms with van der Waals surface area (Å²) in [6.07, 6.45) is 6.78. The molecule has 59 heavy (non-hydrogen) atoms. The maximum atomic E-state index is 2.47. The molecule has 2 nitrogen and oxygen atoms in total. The molecule has 0 fully saturated rings. The Labute approximate surface area is 347 Å². The Morgan fingerprint density at radius 2 is 0.898 bits per heavy atom. The number of aromatic nitrogens is 1. The van der Waals surface area contributed by atoms with Gasteiger partial charge in [-0.15, -0.1) is 0 Å². The van der Waals surface area contributed by atoms with E-state index in [9.17, 15) is 0 Å². The second-order valence-electron chi connectivity index (χ2n) is 16.3. The Bertz CT molecular complexity index is 2930. The van der Waals surface area contributed by atoms with Gasteiger partial charge in [0.15, 0.2) is 0 Å². The van der Waals surface area contributed by atoms with Crippen molar-refractivity contribution in [3.8, 4) is 39.1 Å². The summed E-state index contributed by atoms with van der Waals surface area (Å²) in [6, 6.07) is 74.9. The van der Waals surface area contributed by atoms with Gasteiger partial charge in [-0.25, -0.2) is 0 Å². The lowest BCUT2D eigenvalue weighted by atomic mass is 9.78. The van der Waals surface area contributed by atoms with Gasteiger partial charge >= 0.3 is 0 Å². The molecule has 0 spiro atoms. The van der Waals surface area contributed by atoms with Crippen LogP contribution in [0.3, 0.4) is 0 Å². The first kappa shape index (κ1) is 36.2. The molecule has 0 amide bonds. The molecule has 1 aromatic heterocycles. The van der Waals surface area contributed by atoms with Crippen LogP contribution in [0.1, 0.15) is 31.4 Å². The van der Waals surface area contributed by atoms with Crippen molar-refractivity contribution in [1.82, 2.24) is 4.57 Å². The molecule has 9 aromatic rings. The first-order chi connectivity index (χ1) is 29.0. The normalized spacial score (nSPS) is 14.3.